The highest BCUT2D eigenvalue weighted by Gasteiger charge is 2.55. The van der Waals surface area contributed by atoms with Gasteiger partial charge in [0.25, 0.3) is 5.56 Å². The molecule has 4 N–H and O–H groups in total. The maximum absolute atomic E-state index is 12.7. The third kappa shape index (κ3) is 2.66. The van der Waals surface area contributed by atoms with Gasteiger partial charge in [0, 0.05) is 6.20 Å². The largest absolute Gasteiger partial charge is 0.423 e. The van der Waals surface area contributed by atoms with Gasteiger partial charge < -0.3 is 20.1 Å². The van der Waals surface area contributed by atoms with Crippen LogP contribution in [0, 0.1) is 12.3 Å². The fourth-order valence-electron chi connectivity index (χ4n) is 2.21. The zero-order valence-corrected chi connectivity index (χ0v) is 11.2. The Bertz CT molecular complexity index is 764. The molecule has 1 aliphatic rings. The molecule has 2 heterocycles. The van der Waals surface area contributed by atoms with Crippen LogP contribution in [-0.2, 0) is 10.9 Å². The minimum atomic E-state index is -5.06. The molecule has 4 atom stereocenters. The second-order valence-electron chi connectivity index (χ2n) is 4.82. The molecule has 0 spiro atoms. The highest BCUT2D eigenvalue weighted by molar-refractivity contribution is 5.20. The first-order valence-electron chi connectivity index (χ1n) is 6.13. The average molecular weight is 336 g/mol. The molecule has 23 heavy (non-hydrogen) atoms. The molecule has 2 rings (SSSR count). The van der Waals surface area contributed by atoms with E-state index in [9.17, 15) is 33.0 Å². The minimum absolute atomic E-state index is 0.145. The molecule has 0 bridgehead atoms. The number of aliphatic hydroxyl groups excluding tert-OH is 2. The SMILES string of the molecule is C#C[C@@]1(O)[C@@H](CO)O[C@@H](n2cc(C(F)(F)F)c(=O)[nH]c2=O)[C@@H]1O. The Morgan fingerprint density at radius 1 is 1.48 bits per heavy atom. The van der Waals surface area contributed by atoms with Crippen LogP contribution in [0.2, 0.25) is 0 Å². The fourth-order valence-corrected chi connectivity index (χ4v) is 2.21. The van der Waals surface area contributed by atoms with Crippen LogP contribution in [0.25, 0.3) is 0 Å². The van der Waals surface area contributed by atoms with Gasteiger partial charge in [0.15, 0.2) is 11.8 Å². The van der Waals surface area contributed by atoms with Crippen molar-refractivity contribution in [2.75, 3.05) is 6.61 Å². The van der Waals surface area contributed by atoms with Crippen molar-refractivity contribution in [1.29, 1.82) is 0 Å². The van der Waals surface area contributed by atoms with Crippen LogP contribution in [0.5, 0.6) is 0 Å². The van der Waals surface area contributed by atoms with Gasteiger partial charge in [-0.15, -0.1) is 6.42 Å². The van der Waals surface area contributed by atoms with Crippen molar-refractivity contribution in [3.8, 4) is 12.3 Å². The first kappa shape index (κ1) is 17.2. The third-order valence-corrected chi connectivity index (χ3v) is 3.46. The van der Waals surface area contributed by atoms with Crippen molar-refractivity contribution >= 4 is 0 Å². The quantitative estimate of drug-likeness (QED) is 0.471. The van der Waals surface area contributed by atoms with E-state index < -0.39 is 53.6 Å². The summed E-state index contributed by atoms with van der Waals surface area (Å²) in [5.41, 5.74) is -7.11. The predicted molar refractivity (Wildman–Crippen MR) is 67.1 cm³/mol. The van der Waals surface area contributed by atoms with Crippen LogP contribution < -0.4 is 11.2 Å². The summed E-state index contributed by atoms with van der Waals surface area (Å²) in [6.07, 6.45) is -5.26. The van der Waals surface area contributed by atoms with Crippen LogP contribution in [0.4, 0.5) is 13.2 Å². The van der Waals surface area contributed by atoms with Gasteiger partial charge in [-0.05, 0) is 0 Å². The number of hydrogen-bond acceptors (Lipinski definition) is 6. The van der Waals surface area contributed by atoms with Crippen LogP contribution in [0.1, 0.15) is 11.8 Å². The number of alkyl halides is 3. The minimum Gasteiger partial charge on any atom is -0.394 e. The Hall–Kier alpha value is -2.13. The van der Waals surface area contributed by atoms with E-state index in [1.807, 2.05) is 0 Å². The van der Waals surface area contributed by atoms with Gasteiger partial charge in [-0.2, -0.15) is 13.2 Å². The number of terminal acetylenes is 1. The third-order valence-electron chi connectivity index (χ3n) is 3.46. The van der Waals surface area contributed by atoms with Crippen molar-refractivity contribution in [2.45, 2.75) is 30.2 Å². The summed E-state index contributed by atoms with van der Waals surface area (Å²) in [7, 11) is 0. The Balaban J connectivity index is 2.58. The molecule has 11 heteroatoms. The monoisotopic (exact) mass is 336 g/mol. The topological polar surface area (TPSA) is 125 Å². The lowest BCUT2D eigenvalue weighted by Gasteiger charge is -2.24. The van der Waals surface area contributed by atoms with E-state index in [0.29, 0.717) is 0 Å². The number of nitrogens with zero attached hydrogens (tertiary/aromatic N) is 1. The molecular formula is C12H11F3N2O6. The molecular weight excluding hydrogens is 325 g/mol. The molecule has 1 saturated heterocycles. The molecule has 8 nitrogen and oxygen atoms in total. The van der Waals surface area contributed by atoms with Gasteiger partial charge in [0.2, 0.25) is 0 Å². The molecule has 126 valence electrons. The summed E-state index contributed by atoms with van der Waals surface area (Å²) < 4.78 is 43.5. The Labute approximate surface area is 125 Å². The van der Waals surface area contributed by atoms with E-state index in [2.05, 4.69) is 0 Å². The highest BCUT2D eigenvalue weighted by atomic mass is 19.4. The molecule has 0 amide bonds. The van der Waals surface area contributed by atoms with E-state index >= 15 is 0 Å². The van der Waals surface area contributed by atoms with Gasteiger partial charge in [-0.3, -0.25) is 14.3 Å². The van der Waals surface area contributed by atoms with Crippen molar-refractivity contribution in [3.63, 3.8) is 0 Å². The summed E-state index contributed by atoms with van der Waals surface area (Å²) in [4.78, 5) is 24.4. The van der Waals surface area contributed by atoms with E-state index in [1.165, 1.54) is 4.98 Å². The number of rotatable bonds is 2. The van der Waals surface area contributed by atoms with Gasteiger partial charge in [-0.25, -0.2) is 4.79 Å². The van der Waals surface area contributed by atoms with Crippen LogP contribution in [0.3, 0.4) is 0 Å². The molecule has 0 aromatic carbocycles. The maximum Gasteiger partial charge on any atom is 0.423 e. The van der Waals surface area contributed by atoms with E-state index in [-0.39, 0.29) is 10.8 Å². The molecule has 1 aliphatic heterocycles. The molecule has 0 aliphatic carbocycles. The van der Waals surface area contributed by atoms with E-state index in [4.69, 9.17) is 16.3 Å². The lowest BCUT2D eigenvalue weighted by atomic mass is 9.93. The summed E-state index contributed by atoms with van der Waals surface area (Å²) in [5.74, 6) is 1.78. The second-order valence-corrected chi connectivity index (χ2v) is 4.82. The lowest BCUT2D eigenvalue weighted by Crippen LogP contribution is -2.48. The highest BCUT2D eigenvalue weighted by Crippen LogP contribution is 2.36. The van der Waals surface area contributed by atoms with Crippen molar-refractivity contribution < 1.29 is 33.2 Å². The van der Waals surface area contributed by atoms with Crippen LogP contribution in [0.15, 0.2) is 15.8 Å². The number of halogens is 3. The van der Waals surface area contributed by atoms with E-state index in [0.717, 1.165) is 0 Å². The Kier molecular flexibility index (Phi) is 4.12. The van der Waals surface area contributed by atoms with Crippen molar-refractivity contribution in [1.82, 2.24) is 9.55 Å². The normalized spacial score (nSPS) is 31.1. The zero-order valence-electron chi connectivity index (χ0n) is 11.2. The predicted octanol–water partition coefficient (Wildman–Crippen LogP) is -1.83. The lowest BCUT2D eigenvalue weighted by molar-refractivity contribution is -0.140. The number of aromatic amines is 1. The number of H-pyrrole nitrogens is 1. The molecule has 0 saturated carbocycles. The second kappa shape index (κ2) is 5.50. The van der Waals surface area contributed by atoms with Gasteiger partial charge in [0.05, 0.1) is 6.61 Å². The van der Waals surface area contributed by atoms with Crippen molar-refractivity contribution in [3.05, 3.63) is 32.6 Å². The molecule has 1 aromatic heterocycles. The van der Waals surface area contributed by atoms with Gasteiger partial charge >= 0.3 is 11.9 Å². The maximum atomic E-state index is 12.7. The standard InChI is InChI=1S/C12H11F3N2O6/c1-2-11(22)6(4-18)23-9(7(11)19)17-3-5(12(13,14)15)8(20)16-10(17)21/h1,3,6-7,9,18-19,22H,4H2,(H,16,20,21)/t6-,7+,9-,11-/m1/s1. The molecule has 0 radical (unpaired) electrons. The van der Waals surface area contributed by atoms with Gasteiger partial charge in [-0.1, -0.05) is 5.92 Å². The zero-order chi connectivity index (χ0) is 17.6. The molecule has 1 aromatic rings. The summed E-state index contributed by atoms with van der Waals surface area (Å²) in [6, 6.07) is 0. The summed E-state index contributed by atoms with van der Waals surface area (Å²) in [6.45, 7) is -0.863. The van der Waals surface area contributed by atoms with Crippen LogP contribution in [-0.4, -0.2) is 49.3 Å². The van der Waals surface area contributed by atoms with Crippen LogP contribution >= 0.6 is 0 Å². The van der Waals surface area contributed by atoms with Crippen molar-refractivity contribution in [2.24, 2.45) is 0 Å². The summed E-state index contributed by atoms with van der Waals surface area (Å²) >= 11 is 0. The number of nitrogens with one attached hydrogen (secondary N) is 1. The molecule has 0 unspecified atom stereocenters. The first-order valence-corrected chi connectivity index (χ1v) is 6.13. The van der Waals surface area contributed by atoms with E-state index in [1.54, 1.807) is 5.92 Å². The number of hydrogen-bond donors (Lipinski definition) is 4. The smallest absolute Gasteiger partial charge is 0.394 e. The molecule has 1 fully saturated rings. The number of ether oxygens (including phenoxy) is 1. The Morgan fingerprint density at radius 2 is 2.09 bits per heavy atom. The number of aliphatic hydroxyl groups is 3. The average Bonchev–Trinajstić information content (AvgIpc) is 2.71. The first-order chi connectivity index (χ1) is 10.6. The fraction of sp³-hybridized carbons (Fsp3) is 0.500. The number of aromatic nitrogens is 2. The Morgan fingerprint density at radius 3 is 2.52 bits per heavy atom. The summed E-state index contributed by atoms with van der Waals surface area (Å²) in [5, 5.41) is 29.1. The van der Waals surface area contributed by atoms with Gasteiger partial charge in [0.1, 0.15) is 17.8 Å².